The molecule has 110 valence electrons. The van der Waals surface area contributed by atoms with Crippen LogP contribution in [0.4, 0.5) is 10.1 Å². The van der Waals surface area contributed by atoms with Gasteiger partial charge in [-0.3, -0.25) is 0 Å². The van der Waals surface area contributed by atoms with Gasteiger partial charge >= 0.3 is 0 Å². The highest BCUT2D eigenvalue weighted by Gasteiger charge is 2.07. The predicted octanol–water partition coefficient (Wildman–Crippen LogP) is 3.88. The summed E-state index contributed by atoms with van der Waals surface area (Å²) in [5, 5.41) is 6.69. The Labute approximate surface area is 129 Å². The summed E-state index contributed by atoms with van der Waals surface area (Å²) in [7, 11) is 1.64. The molecule has 1 atom stereocenters. The molecule has 5 heteroatoms. The van der Waals surface area contributed by atoms with Crippen LogP contribution in [0.5, 0.6) is 5.75 Å². The van der Waals surface area contributed by atoms with Crippen LogP contribution in [0.2, 0.25) is 0 Å². The van der Waals surface area contributed by atoms with Crippen molar-refractivity contribution in [3.8, 4) is 5.75 Å². The Kier molecular flexibility index (Phi) is 5.11. The van der Waals surface area contributed by atoms with Gasteiger partial charge in [-0.1, -0.05) is 12.1 Å². The monoisotopic (exact) mass is 304 g/mol. The van der Waals surface area contributed by atoms with Gasteiger partial charge in [-0.05, 0) is 61.1 Å². The van der Waals surface area contributed by atoms with E-state index in [1.165, 1.54) is 12.1 Å². The molecule has 1 unspecified atom stereocenters. The highest BCUT2D eigenvalue weighted by atomic mass is 32.1. The van der Waals surface area contributed by atoms with Crippen molar-refractivity contribution in [3.05, 3.63) is 59.9 Å². The quantitative estimate of drug-likeness (QED) is 0.840. The Bertz CT molecular complexity index is 599. The molecule has 0 aliphatic rings. The number of anilines is 1. The summed E-state index contributed by atoms with van der Waals surface area (Å²) in [6.07, 6.45) is 0. The molecule has 2 N–H and O–H groups in total. The summed E-state index contributed by atoms with van der Waals surface area (Å²) in [5.41, 5.74) is 1.84. The number of methoxy groups -OCH3 is 1. The molecule has 0 fully saturated rings. The van der Waals surface area contributed by atoms with Crippen LogP contribution in [0.25, 0.3) is 0 Å². The average Bonchev–Trinajstić information content (AvgIpc) is 2.49. The molecule has 2 aromatic rings. The minimum absolute atomic E-state index is 0.0522. The zero-order valence-corrected chi connectivity index (χ0v) is 12.7. The summed E-state index contributed by atoms with van der Waals surface area (Å²) < 4.78 is 18.0. The predicted molar refractivity (Wildman–Crippen MR) is 87.2 cm³/mol. The summed E-state index contributed by atoms with van der Waals surface area (Å²) in [6.45, 7) is 2.01. The Morgan fingerprint density at radius 1 is 1.10 bits per heavy atom. The Morgan fingerprint density at radius 2 is 1.71 bits per heavy atom. The molecule has 2 rings (SSSR count). The number of rotatable bonds is 4. The maximum Gasteiger partial charge on any atom is 0.171 e. The number of halogens is 1. The molecule has 0 radical (unpaired) electrons. The lowest BCUT2D eigenvalue weighted by molar-refractivity contribution is 0.414. The van der Waals surface area contributed by atoms with E-state index in [-0.39, 0.29) is 11.9 Å². The fraction of sp³-hybridized carbons (Fsp3) is 0.188. The zero-order chi connectivity index (χ0) is 15.2. The second kappa shape index (κ2) is 7.04. The van der Waals surface area contributed by atoms with Crippen LogP contribution in [0, 0.1) is 5.82 Å². The number of hydrogen-bond acceptors (Lipinski definition) is 2. The van der Waals surface area contributed by atoms with Crippen LogP contribution in [0.15, 0.2) is 48.5 Å². The van der Waals surface area contributed by atoms with Gasteiger partial charge in [0.25, 0.3) is 0 Å². The molecule has 0 saturated heterocycles. The number of ether oxygens (including phenoxy) is 1. The van der Waals surface area contributed by atoms with Gasteiger partial charge < -0.3 is 15.4 Å². The van der Waals surface area contributed by atoms with Crippen molar-refractivity contribution in [1.29, 1.82) is 0 Å². The first-order chi connectivity index (χ1) is 10.1. The average molecular weight is 304 g/mol. The van der Waals surface area contributed by atoms with Crippen LogP contribution in [0.1, 0.15) is 18.5 Å². The third kappa shape index (κ3) is 4.43. The first-order valence-corrected chi connectivity index (χ1v) is 6.96. The van der Waals surface area contributed by atoms with E-state index in [1.54, 1.807) is 19.2 Å². The number of nitrogens with one attached hydrogen (secondary N) is 2. The summed E-state index contributed by atoms with van der Waals surface area (Å²) in [5.74, 6) is 0.545. The van der Waals surface area contributed by atoms with Crippen LogP contribution >= 0.6 is 12.2 Å². The van der Waals surface area contributed by atoms with E-state index in [9.17, 15) is 4.39 Å². The first-order valence-electron chi connectivity index (χ1n) is 6.55. The lowest BCUT2D eigenvalue weighted by Crippen LogP contribution is -2.30. The number of hydrogen-bond donors (Lipinski definition) is 2. The highest BCUT2D eigenvalue weighted by Crippen LogP contribution is 2.17. The molecule has 21 heavy (non-hydrogen) atoms. The van der Waals surface area contributed by atoms with Gasteiger partial charge in [0.2, 0.25) is 0 Å². The van der Waals surface area contributed by atoms with Crippen molar-refractivity contribution in [2.45, 2.75) is 13.0 Å². The van der Waals surface area contributed by atoms with E-state index < -0.39 is 0 Å². The molecule has 0 bridgehead atoms. The molecule has 0 aromatic heterocycles. The SMILES string of the molecule is COc1ccc(C(C)NC(=S)Nc2ccc(F)cc2)cc1. The summed E-state index contributed by atoms with van der Waals surface area (Å²) >= 11 is 5.25. The van der Waals surface area contributed by atoms with Gasteiger partial charge in [0.1, 0.15) is 11.6 Å². The molecule has 0 aliphatic heterocycles. The van der Waals surface area contributed by atoms with Crippen molar-refractivity contribution in [2.24, 2.45) is 0 Å². The minimum Gasteiger partial charge on any atom is -0.497 e. The van der Waals surface area contributed by atoms with Crippen LogP contribution < -0.4 is 15.4 Å². The van der Waals surface area contributed by atoms with E-state index in [2.05, 4.69) is 10.6 Å². The van der Waals surface area contributed by atoms with Gasteiger partial charge in [0, 0.05) is 5.69 Å². The molecule has 3 nitrogen and oxygen atoms in total. The molecular formula is C16H17FN2OS. The minimum atomic E-state index is -0.272. The van der Waals surface area contributed by atoms with Gasteiger partial charge in [0.05, 0.1) is 13.2 Å². The lowest BCUT2D eigenvalue weighted by Gasteiger charge is -2.17. The molecular weight excluding hydrogens is 287 g/mol. The lowest BCUT2D eigenvalue weighted by atomic mass is 10.1. The highest BCUT2D eigenvalue weighted by molar-refractivity contribution is 7.80. The van der Waals surface area contributed by atoms with Crippen molar-refractivity contribution < 1.29 is 9.13 Å². The van der Waals surface area contributed by atoms with Gasteiger partial charge in [0.15, 0.2) is 5.11 Å². The largest absolute Gasteiger partial charge is 0.497 e. The van der Waals surface area contributed by atoms with Gasteiger partial charge in [-0.15, -0.1) is 0 Å². The smallest absolute Gasteiger partial charge is 0.171 e. The fourth-order valence-corrected chi connectivity index (χ4v) is 2.17. The van der Waals surface area contributed by atoms with Crippen molar-refractivity contribution in [1.82, 2.24) is 5.32 Å². The van der Waals surface area contributed by atoms with E-state index in [0.717, 1.165) is 17.0 Å². The standard InChI is InChI=1S/C16H17FN2OS/c1-11(12-3-9-15(20-2)10-4-12)18-16(21)19-14-7-5-13(17)6-8-14/h3-11H,1-2H3,(H2,18,19,21). The zero-order valence-electron chi connectivity index (χ0n) is 11.9. The normalized spacial score (nSPS) is 11.6. The van der Waals surface area contributed by atoms with E-state index in [1.807, 2.05) is 31.2 Å². The Hall–Kier alpha value is -2.14. The van der Waals surface area contributed by atoms with E-state index >= 15 is 0 Å². The maximum absolute atomic E-state index is 12.8. The second-order valence-corrected chi connectivity index (χ2v) is 5.01. The van der Waals surface area contributed by atoms with E-state index in [0.29, 0.717) is 5.11 Å². The van der Waals surface area contributed by atoms with Crippen LogP contribution in [-0.4, -0.2) is 12.2 Å². The van der Waals surface area contributed by atoms with Crippen molar-refractivity contribution >= 4 is 23.0 Å². The van der Waals surface area contributed by atoms with Gasteiger partial charge in [-0.25, -0.2) is 4.39 Å². The first kappa shape index (κ1) is 15.3. The summed E-state index contributed by atoms with van der Waals surface area (Å²) in [6, 6.07) is 13.9. The third-order valence-electron chi connectivity index (χ3n) is 3.07. The van der Waals surface area contributed by atoms with Gasteiger partial charge in [-0.2, -0.15) is 0 Å². The van der Waals surface area contributed by atoms with Crippen LogP contribution in [0.3, 0.4) is 0 Å². The topological polar surface area (TPSA) is 33.3 Å². The number of thiocarbonyl (C=S) groups is 1. The van der Waals surface area contributed by atoms with Crippen LogP contribution in [-0.2, 0) is 0 Å². The van der Waals surface area contributed by atoms with Crippen molar-refractivity contribution in [2.75, 3.05) is 12.4 Å². The number of benzene rings is 2. The molecule has 0 spiro atoms. The maximum atomic E-state index is 12.8. The molecule has 0 saturated carbocycles. The second-order valence-electron chi connectivity index (χ2n) is 4.60. The molecule has 0 aliphatic carbocycles. The molecule has 0 heterocycles. The molecule has 2 aromatic carbocycles. The third-order valence-corrected chi connectivity index (χ3v) is 3.29. The van der Waals surface area contributed by atoms with E-state index in [4.69, 9.17) is 17.0 Å². The fourth-order valence-electron chi connectivity index (χ4n) is 1.87. The molecule has 0 amide bonds. The van der Waals surface area contributed by atoms with Crippen molar-refractivity contribution in [3.63, 3.8) is 0 Å². The Balaban J connectivity index is 1.93. The Morgan fingerprint density at radius 3 is 2.29 bits per heavy atom. The summed E-state index contributed by atoms with van der Waals surface area (Å²) in [4.78, 5) is 0.